The third-order valence-corrected chi connectivity index (χ3v) is 7.84. The summed E-state index contributed by atoms with van der Waals surface area (Å²) >= 11 is 0. The van der Waals surface area contributed by atoms with Crippen molar-refractivity contribution in [2.75, 3.05) is 37.7 Å². The summed E-state index contributed by atoms with van der Waals surface area (Å²) < 4.78 is 29.6. The normalized spacial score (nSPS) is 20.3. The Morgan fingerprint density at radius 1 is 1.33 bits per heavy atom. The summed E-state index contributed by atoms with van der Waals surface area (Å²) in [5.74, 6) is 0.848. The van der Waals surface area contributed by atoms with Gasteiger partial charge >= 0.3 is 0 Å². The van der Waals surface area contributed by atoms with Crippen LogP contribution in [0.25, 0.3) is 11.0 Å². The van der Waals surface area contributed by atoms with Gasteiger partial charge in [0.25, 0.3) is 10.2 Å². The van der Waals surface area contributed by atoms with Crippen molar-refractivity contribution in [2.24, 2.45) is 0 Å². The topological polar surface area (TPSA) is 106 Å². The summed E-state index contributed by atoms with van der Waals surface area (Å²) in [7, 11) is -3.63. The highest BCUT2D eigenvalue weighted by Gasteiger charge is 2.57. The molecule has 2 aromatic rings. The van der Waals surface area contributed by atoms with E-state index in [4.69, 9.17) is 0 Å². The third-order valence-electron chi connectivity index (χ3n) is 5.52. The Kier molecular flexibility index (Phi) is 4.61. The minimum atomic E-state index is -3.63. The van der Waals surface area contributed by atoms with E-state index in [1.165, 1.54) is 4.31 Å². The smallest absolute Gasteiger partial charge is 0.282 e. The summed E-state index contributed by atoms with van der Waals surface area (Å²) in [5, 5.41) is 10.3. The first-order valence-corrected chi connectivity index (χ1v) is 10.7. The lowest BCUT2D eigenvalue weighted by molar-refractivity contribution is 0.204. The summed E-state index contributed by atoms with van der Waals surface area (Å²) in [6, 6.07) is 1.76. The number of fused-ring (bicyclic) bond motifs is 1. The molecule has 1 saturated carbocycles. The fourth-order valence-electron chi connectivity index (χ4n) is 4.03. The number of anilines is 1. The first kappa shape index (κ1) is 18.6. The van der Waals surface area contributed by atoms with Crippen molar-refractivity contribution in [3.05, 3.63) is 18.6 Å². The van der Waals surface area contributed by atoms with Crippen molar-refractivity contribution in [2.45, 2.75) is 38.3 Å². The molecule has 4 rings (SSSR count). The number of aromatic nitrogens is 3. The van der Waals surface area contributed by atoms with Crippen molar-refractivity contribution >= 4 is 27.1 Å². The van der Waals surface area contributed by atoms with Gasteiger partial charge in [-0.2, -0.15) is 17.0 Å². The molecule has 1 aliphatic carbocycles. The van der Waals surface area contributed by atoms with Gasteiger partial charge in [0, 0.05) is 38.4 Å². The molecule has 1 spiro atoms. The van der Waals surface area contributed by atoms with Gasteiger partial charge in [-0.1, -0.05) is 0 Å². The van der Waals surface area contributed by atoms with Crippen LogP contribution in [0, 0.1) is 0 Å². The van der Waals surface area contributed by atoms with Crippen LogP contribution in [-0.4, -0.2) is 81.5 Å². The first-order valence-electron chi connectivity index (χ1n) is 9.32. The molecule has 2 aliphatic rings. The Bertz CT molecular complexity index is 924. The van der Waals surface area contributed by atoms with E-state index in [0.29, 0.717) is 19.6 Å². The van der Waals surface area contributed by atoms with Crippen LogP contribution in [0.4, 0.5) is 5.82 Å². The number of aliphatic hydroxyl groups excluding tert-OH is 1. The molecule has 2 aromatic heterocycles. The Balaban J connectivity index is 1.61. The van der Waals surface area contributed by atoms with Crippen molar-refractivity contribution < 1.29 is 13.5 Å². The molecule has 0 aromatic carbocycles. The zero-order valence-corrected chi connectivity index (χ0v) is 16.5. The molecule has 3 heterocycles. The number of aromatic amines is 1. The highest BCUT2D eigenvalue weighted by molar-refractivity contribution is 7.86. The predicted octanol–water partition coefficient (Wildman–Crippen LogP) is 0.560. The monoisotopic (exact) mass is 394 g/mol. The maximum atomic E-state index is 13.3. The van der Waals surface area contributed by atoms with E-state index < -0.39 is 10.2 Å². The molecular formula is C17H26N6O3S. The molecule has 0 unspecified atom stereocenters. The van der Waals surface area contributed by atoms with Crippen LogP contribution in [-0.2, 0) is 10.2 Å². The van der Waals surface area contributed by atoms with Crippen LogP contribution in [0.3, 0.4) is 0 Å². The number of nitrogens with zero attached hydrogens (tertiary/aromatic N) is 5. The molecule has 0 bridgehead atoms. The standard InChI is InChI=1S/C17H26N6O3S/c1-13(2)22(9-10-24)27(25,26)23-8-7-21(11-17(23)4-5-17)16-14-3-6-18-15(14)19-12-20-16/h3,6,12-13,24H,4-5,7-11H2,1-2H3,(H,18,19,20). The van der Waals surface area contributed by atoms with Crippen LogP contribution in [0.5, 0.6) is 0 Å². The summed E-state index contributed by atoms with van der Waals surface area (Å²) in [6.45, 7) is 5.22. The van der Waals surface area contributed by atoms with Gasteiger partial charge in [-0.3, -0.25) is 0 Å². The molecule has 27 heavy (non-hydrogen) atoms. The van der Waals surface area contributed by atoms with E-state index in [0.717, 1.165) is 29.7 Å². The van der Waals surface area contributed by atoms with Crippen molar-refractivity contribution in [3.8, 4) is 0 Å². The van der Waals surface area contributed by atoms with Crippen molar-refractivity contribution in [1.82, 2.24) is 23.6 Å². The van der Waals surface area contributed by atoms with Crippen LogP contribution in [0.1, 0.15) is 26.7 Å². The number of hydrogen-bond donors (Lipinski definition) is 2. The maximum Gasteiger partial charge on any atom is 0.282 e. The fourth-order valence-corrected chi connectivity index (χ4v) is 6.17. The van der Waals surface area contributed by atoms with E-state index in [9.17, 15) is 13.5 Å². The molecule has 0 atom stereocenters. The molecule has 2 N–H and O–H groups in total. The van der Waals surface area contributed by atoms with Crippen LogP contribution in [0.2, 0.25) is 0 Å². The number of nitrogens with one attached hydrogen (secondary N) is 1. The van der Waals surface area contributed by atoms with Crippen LogP contribution < -0.4 is 4.90 Å². The third kappa shape index (κ3) is 3.10. The Labute approximate surface area is 159 Å². The molecule has 0 amide bonds. The maximum absolute atomic E-state index is 13.3. The zero-order valence-electron chi connectivity index (χ0n) is 15.7. The SMILES string of the molecule is CC(C)N(CCO)S(=O)(=O)N1CCN(c2ncnc3[nH]ccc23)CC12CC2. The Morgan fingerprint density at radius 3 is 2.78 bits per heavy atom. The van der Waals surface area contributed by atoms with Gasteiger partial charge in [0.2, 0.25) is 0 Å². The van der Waals surface area contributed by atoms with E-state index in [-0.39, 0.29) is 24.7 Å². The van der Waals surface area contributed by atoms with E-state index in [1.807, 2.05) is 26.1 Å². The average molecular weight is 395 g/mol. The fraction of sp³-hybridized carbons (Fsp3) is 0.647. The lowest BCUT2D eigenvalue weighted by atomic mass is 10.2. The molecular weight excluding hydrogens is 368 g/mol. The predicted molar refractivity (Wildman–Crippen MR) is 103 cm³/mol. The van der Waals surface area contributed by atoms with E-state index in [2.05, 4.69) is 19.9 Å². The second-order valence-corrected chi connectivity index (χ2v) is 9.40. The number of aliphatic hydroxyl groups is 1. The van der Waals surface area contributed by atoms with Gasteiger partial charge in [0.15, 0.2) is 0 Å². The van der Waals surface area contributed by atoms with Gasteiger partial charge in [-0.05, 0) is 32.8 Å². The largest absolute Gasteiger partial charge is 0.395 e. The van der Waals surface area contributed by atoms with E-state index >= 15 is 0 Å². The second-order valence-electron chi connectivity index (χ2n) is 7.59. The highest BCUT2D eigenvalue weighted by atomic mass is 32.2. The summed E-state index contributed by atoms with van der Waals surface area (Å²) in [5.41, 5.74) is 0.404. The summed E-state index contributed by atoms with van der Waals surface area (Å²) in [4.78, 5) is 14.0. The highest BCUT2D eigenvalue weighted by Crippen LogP contribution is 2.47. The molecule has 1 aliphatic heterocycles. The molecule has 1 saturated heterocycles. The van der Waals surface area contributed by atoms with Gasteiger partial charge < -0.3 is 15.0 Å². The van der Waals surface area contributed by atoms with Gasteiger partial charge in [0.1, 0.15) is 17.8 Å². The van der Waals surface area contributed by atoms with Crippen LogP contribution >= 0.6 is 0 Å². The molecule has 148 valence electrons. The Morgan fingerprint density at radius 2 is 2.11 bits per heavy atom. The van der Waals surface area contributed by atoms with Crippen LogP contribution in [0.15, 0.2) is 18.6 Å². The minimum absolute atomic E-state index is 0.117. The van der Waals surface area contributed by atoms with Gasteiger partial charge in [-0.25, -0.2) is 9.97 Å². The number of rotatable bonds is 6. The average Bonchev–Trinajstić information content (AvgIpc) is 3.20. The minimum Gasteiger partial charge on any atom is -0.395 e. The molecule has 0 radical (unpaired) electrons. The zero-order chi connectivity index (χ0) is 19.2. The summed E-state index contributed by atoms with van der Waals surface area (Å²) in [6.07, 6.45) is 5.06. The molecule has 10 heteroatoms. The first-order chi connectivity index (χ1) is 12.9. The van der Waals surface area contributed by atoms with E-state index in [1.54, 1.807) is 10.6 Å². The lowest BCUT2D eigenvalue weighted by Gasteiger charge is -2.44. The van der Waals surface area contributed by atoms with Gasteiger partial charge in [-0.15, -0.1) is 0 Å². The second kappa shape index (κ2) is 6.69. The molecule has 9 nitrogen and oxygen atoms in total. The molecule has 2 fully saturated rings. The number of H-pyrrole nitrogens is 1. The Hall–Kier alpha value is -1.75. The van der Waals surface area contributed by atoms with Crippen molar-refractivity contribution in [1.29, 1.82) is 0 Å². The quantitative estimate of drug-likeness (QED) is 0.742. The number of hydrogen-bond acceptors (Lipinski definition) is 6. The van der Waals surface area contributed by atoms with Gasteiger partial charge in [0.05, 0.1) is 17.5 Å². The van der Waals surface area contributed by atoms with Crippen molar-refractivity contribution in [3.63, 3.8) is 0 Å². The lowest BCUT2D eigenvalue weighted by Crippen LogP contribution is -2.61. The number of piperazine rings is 1.